The number of rotatable bonds is 9. The summed E-state index contributed by atoms with van der Waals surface area (Å²) in [6, 6.07) is 5.73. The first-order chi connectivity index (χ1) is 10.1. The normalized spacial score (nSPS) is 12.0. The largest absolute Gasteiger partial charge is 0.297 e. The van der Waals surface area contributed by atoms with Crippen molar-refractivity contribution in [2.24, 2.45) is 0 Å². The third-order valence-corrected chi connectivity index (χ3v) is 3.68. The Kier molecular flexibility index (Phi) is 7.30. The van der Waals surface area contributed by atoms with E-state index < -0.39 is 0 Å². The number of carbonyl (C=O) groups excluding carboxylic acids is 1. The van der Waals surface area contributed by atoms with E-state index in [1.54, 1.807) is 6.08 Å². The van der Waals surface area contributed by atoms with Gasteiger partial charge in [-0.1, -0.05) is 20.8 Å². The second-order valence-corrected chi connectivity index (χ2v) is 5.58. The standard InChI is InChI=1S/C18H27FNO/c1-4-12-20(13-5-2,14-6-3)15-11-18(21)16-7-9-17(19)10-8-16/h7-11,15H,4-6,12-14H2,1-3H3/q+1. The lowest BCUT2D eigenvalue weighted by molar-refractivity contribution is -0.879. The van der Waals surface area contributed by atoms with Gasteiger partial charge in [0.15, 0.2) is 5.78 Å². The van der Waals surface area contributed by atoms with Gasteiger partial charge in [-0.15, -0.1) is 0 Å². The van der Waals surface area contributed by atoms with Crippen LogP contribution in [0.5, 0.6) is 0 Å². The van der Waals surface area contributed by atoms with Gasteiger partial charge in [0.05, 0.1) is 25.8 Å². The first-order valence-electron chi connectivity index (χ1n) is 7.91. The Balaban J connectivity index is 2.89. The molecule has 0 aromatic heterocycles. The van der Waals surface area contributed by atoms with Crippen LogP contribution in [0.1, 0.15) is 50.4 Å². The fourth-order valence-electron chi connectivity index (χ4n) is 2.83. The predicted molar refractivity (Wildman–Crippen MR) is 85.6 cm³/mol. The van der Waals surface area contributed by atoms with Crippen molar-refractivity contribution in [3.63, 3.8) is 0 Å². The summed E-state index contributed by atoms with van der Waals surface area (Å²) in [5, 5.41) is 0. The summed E-state index contributed by atoms with van der Waals surface area (Å²) in [6.45, 7) is 9.68. The van der Waals surface area contributed by atoms with Gasteiger partial charge in [-0.2, -0.15) is 0 Å². The molecule has 0 spiro atoms. The molecule has 0 aliphatic rings. The topological polar surface area (TPSA) is 17.1 Å². The molecule has 0 heterocycles. The molecular weight excluding hydrogens is 265 g/mol. The van der Waals surface area contributed by atoms with Crippen molar-refractivity contribution < 1.29 is 13.7 Å². The highest BCUT2D eigenvalue weighted by Gasteiger charge is 2.22. The summed E-state index contributed by atoms with van der Waals surface area (Å²) in [6.07, 6.45) is 6.98. The molecule has 0 aliphatic carbocycles. The lowest BCUT2D eigenvalue weighted by Crippen LogP contribution is -2.44. The summed E-state index contributed by atoms with van der Waals surface area (Å²) >= 11 is 0. The molecule has 0 aliphatic heterocycles. The van der Waals surface area contributed by atoms with Gasteiger partial charge in [0, 0.05) is 11.6 Å². The van der Waals surface area contributed by atoms with Crippen molar-refractivity contribution >= 4 is 5.78 Å². The number of hydrogen-bond donors (Lipinski definition) is 0. The maximum atomic E-state index is 12.9. The Hall–Kier alpha value is -1.48. The van der Waals surface area contributed by atoms with Crippen molar-refractivity contribution in [1.82, 2.24) is 0 Å². The second-order valence-electron chi connectivity index (χ2n) is 5.58. The van der Waals surface area contributed by atoms with Gasteiger partial charge in [0.1, 0.15) is 5.82 Å². The zero-order valence-electron chi connectivity index (χ0n) is 13.4. The number of hydrogen-bond acceptors (Lipinski definition) is 1. The molecule has 116 valence electrons. The Labute approximate surface area is 127 Å². The SMILES string of the molecule is CCC[N+](C=CC(=O)c1ccc(F)cc1)(CCC)CCC. The Morgan fingerprint density at radius 1 is 1.00 bits per heavy atom. The summed E-state index contributed by atoms with van der Waals surface area (Å²) in [5.74, 6) is -0.371. The van der Waals surface area contributed by atoms with E-state index in [1.165, 1.54) is 24.3 Å². The monoisotopic (exact) mass is 292 g/mol. The van der Waals surface area contributed by atoms with Gasteiger partial charge in [0.25, 0.3) is 0 Å². The molecule has 0 saturated heterocycles. The quantitative estimate of drug-likeness (QED) is 0.370. The van der Waals surface area contributed by atoms with Crippen LogP contribution in [0.3, 0.4) is 0 Å². The van der Waals surface area contributed by atoms with Gasteiger partial charge < -0.3 is 0 Å². The van der Waals surface area contributed by atoms with Crippen LogP contribution < -0.4 is 0 Å². The number of quaternary nitrogens is 1. The van der Waals surface area contributed by atoms with E-state index in [0.717, 1.165) is 43.4 Å². The third-order valence-electron chi connectivity index (χ3n) is 3.68. The molecule has 21 heavy (non-hydrogen) atoms. The number of ketones is 1. The zero-order valence-corrected chi connectivity index (χ0v) is 13.4. The minimum Gasteiger partial charge on any atom is -0.297 e. The molecule has 0 unspecified atom stereocenters. The van der Waals surface area contributed by atoms with Crippen LogP contribution in [0.15, 0.2) is 36.5 Å². The van der Waals surface area contributed by atoms with E-state index in [0.29, 0.717) is 5.56 Å². The highest BCUT2D eigenvalue weighted by atomic mass is 19.1. The average Bonchev–Trinajstić information content (AvgIpc) is 2.46. The molecule has 3 heteroatoms. The Morgan fingerprint density at radius 2 is 1.48 bits per heavy atom. The zero-order chi connectivity index (χ0) is 15.7. The fraction of sp³-hybridized carbons (Fsp3) is 0.500. The van der Waals surface area contributed by atoms with E-state index >= 15 is 0 Å². The second kappa shape index (κ2) is 8.73. The number of nitrogens with zero attached hydrogens (tertiary/aromatic N) is 1. The maximum absolute atomic E-state index is 12.9. The highest BCUT2D eigenvalue weighted by molar-refractivity contribution is 6.04. The van der Waals surface area contributed by atoms with Gasteiger partial charge in [-0.3, -0.25) is 9.28 Å². The van der Waals surface area contributed by atoms with Crippen LogP contribution in [-0.4, -0.2) is 29.9 Å². The molecular formula is C18H27FNO+. The number of allylic oxidation sites excluding steroid dienone is 1. The van der Waals surface area contributed by atoms with E-state index in [1.807, 2.05) is 6.20 Å². The molecule has 0 fully saturated rings. The summed E-state index contributed by atoms with van der Waals surface area (Å²) in [7, 11) is 0. The van der Waals surface area contributed by atoms with Crippen LogP contribution in [0.2, 0.25) is 0 Å². The molecule has 0 atom stereocenters. The first kappa shape index (κ1) is 17.6. The fourth-order valence-corrected chi connectivity index (χ4v) is 2.83. The maximum Gasteiger partial charge on any atom is 0.191 e. The molecule has 2 nitrogen and oxygen atoms in total. The molecule has 0 amide bonds. The molecule has 1 aromatic carbocycles. The lowest BCUT2D eigenvalue weighted by atomic mass is 10.1. The smallest absolute Gasteiger partial charge is 0.191 e. The number of benzene rings is 1. The lowest BCUT2D eigenvalue weighted by Gasteiger charge is -2.34. The predicted octanol–water partition coefficient (Wildman–Crippen LogP) is 4.57. The van der Waals surface area contributed by atoms with Crippen LogP contribution in [0.4, 0.5) is 4.39 Å². The Bertz CT molecular complexity index is 448. The third kappa shape index (κ3) is 5.43. The summed E-state index contributed by atoms with van der Waals surface area (Å²) in [5.41, 5.74) is 0.537. The van der Waals surface area contributed by atoms with Gasteiger partial charge >= 0.3 is 0 Å². The highest BCUT2D eigenvalue weighted by Crippen LogP contribution is 2.14. The van der Waals surface area contributed by atoms with E-state index in [9.17, 15) is 9.18 Å². The molecule has 1 aromatic rings. The average molecular weight is 292 g/mol. The van der Waals surface area contributed by atoms with Crippen LogP contribution >= 0.6 is 0 Å². The molecule has 0 bridgehead atoms. The van der Waals surface area contributed by atoms with Crippen molar-refractivity contribution in [3.8, 4) is 0 Å². The van der Waals surface area contributed by atoms with Crippen LogP contribution in [0.25, 0.3) is 0 Å². The minimum absolute atomic E-state index is 0.0548. The molecule has 0 saturated carbocycles. The molecule has 0 N–H and O–H groups in total. The number of halogens is 1. The van der Waals surface area contributed by atoms with Crippen molar-refractivity contribution in [3.05, 3.63) is 47.9 Å². The van der Waals surface area contributed by atoms with E-state index in [4.69, 9.17) is 0 Å². The van der Waals surface area contributed by atoms with Gasteiger partial charge in [0.2, 0.25) is 0 Å². The van der Waals surface area contributed by atoms with Gasteiger partial charge in [-0.25, -0.2) is 4.39 Å². The summed E-state index contributed by atoms with van der Waals surface area (Å²) < 4.78 is 13.8. The minimum atomic E-state index is -0.316. The first-order valence-corrected chi connectivity index (χ1v) is 7.91. The van der Waals surface area contributed by atoms with E-state index in [2.05, 4.69) is 20.8 Å². The van der Waals surface area contributed by atoms with Crippen LogP contribution in [-0.2, 0) is 0 Å². The van der Waals surface area contributed by atoms with Crippen molar-refractivity contribution in [2.75, 3.05) is 19.6 Å². The van der Waals surface area contributed by atoms with E-state index in [-0.39, 0.29) is 11.6 Å². The number of carbonyl (C=O) groups is 1. The van der Waals surface area contributed by atoms with Crippen molar-refractivity contribution in [2.45, 2.75) is 40.0 Å². The van der Waals surface area contributed by atoms with Crippen LogP contribution in [0, 0.1) is 5.82 Å². The van der Waals surface area contributed by atoms with Crippen molar-refractivity contribution in [1.29, 1.82) is 0 Å². The molecule has 0 radical (unpaired) electrons. The summed E-state index contributed by atoms with van der Waals surface area (Å²) in [4.78, 5) is 12.2. The van der Waals surface area contributed by atoms with Gasteiger partial charge in [-0.05, 0) is 43.5 Å². The molecule has 1 rings (SSSR count). The Morgan fingerprint density at radius 3 is 1.90 bits per heavy atom.